The van der Waals surface area contributed by atoms with Crippen LogP contribution < -0.4 is 0 Å². The molecule has 0 saturated heterocycles. The number of benzene rings is 1. The van der Waals surface area contributed by atoms with Gasteiger partial charge in [0.25, 0.3) is 0 Å². The predicted octanol–water partition coefficient (Wildman–Crippen LogP) is 3.09. The molecule has 0 spiro atoms. The zero-order chi connectivity index (χ0) is 8.59. The van der Waals surface area contributed by atoms with Crippen LogP contribution in [0.25, 0.3) is 0 Å². The average molecular weight is 243 g/mol. The summed E-state index contributed by atoms with van der Waals surface area (Å²) < 4.78 is 25.1. The van der Waals surface area contributed by atoms with Gasteiger partial charge in [-0.15, -0.1) is 0 Å². The van der Waals surface area contributed by atoms with Crippen molar-refractivity contribution in [1.82, 2.24) is 0 Å². The van der Waals surface area contributed by atoms with E-state index in [9.17, 15) is 8.78 Å². The first kappa shape index (κ1) is 8.74. The molecule has 0 aliphatic rings. The molecular weight excluding hydrogens is 241 g/mol. The topological polar surface area (TPSA) is 20.2 Å². The van der Waals surface area contributed by atoms with Gasteiger partial charge in [0.15, 0.2) is 17.4 Å². The Morgan fingerprint density at radius 2 is 2.00 bits per heavy atom. The second kappa shape index (κ2) is 2.95. The monoisotopic (exact) mass is 242 g/mol. The summed E-state index contributed by atoms with van der Waals surface area (Å²) in [5.41, 5.74) is 0. The number of hydrogen-bond acceptors (Lipinski definition) is 1. The highest BCUT2D eigenvalue weighted by Crippen LogP contribution is 2.33. The van der Waals surface area contributed by atoms with Crippen LogP contribution >= 0.6 is 27.5 Å². The third-order valence-corrected chi connectivity index (χ3v) is 2.31. The minimum Gasteiger partial charge on any atom is -0.503 e. The van der Waals surface area contributed by atoms with Gasteiger partial charge in [0, 0.05) is 4.47 Å². The van der Waals surface area contributed by atoms with E-state index in [1.165, 1.54) is 0 Å². The molecule has 1 aromatic rings. The highest BCUT2D eigenvalue weighted by atomic mass is 79.9. The van der Waals surface area contributed by atoms with Gasteiger partial charge in [-0.1, -0.05) is 11.6 Å². The number of phenols is 1. The zero-order valence-corrected chi connectivity index (χ0v) is 7.38. The Morgan fingerprint density at radius 1 is 1.45 bits per heavy atom. The van der Waals surface area contributed by atoms with E-state index >= 15 is 0 Å². The molecule has 5 heteroatoms. The van der Waals surface area contributed by atoms with Crippen LogP contribution in [0.3, 0.4) is 0 Å². The van der Waals surface area contributed by atoms with E-state index in [1.807, 2.05) is 0 Å². The van der Waals surface area contributed by atoms with Crippen LogP contribution in [0.4, 0.5) is 8.78 Å². The maximum Gasteiger partial charge on any atom is 0.189 e. The number of halogens is 4. The standard InChI is InChI=1S/C6H2BrClF2O/c7-2-1-3(9)6(11)5(10)4(2)8/h1,11H. The molecule has 0 amide bonds. The Bertz CT molecular complexity index is 277. The molecular formula is C6H2BrClF2O. The fourth-order valence-corrected chi connectivity index (χ4v) is 1.08. The minimum absolute atomic E-state index is 0.0759. The van der Waals surface area contributed by atoms with Gasteiger partial charge in [0.05, 0.1) is 5.02 Å². The summed E-state index contributed by atoms with van der Waals surface area (Å²) in [6, 6.07) is 0.890. The smallest absolute Gasteiger partial charge is 0.189 e. The molecule has 0 atom stereocenters. The normalized spacial score (nSPS) is 10.2. The van der Waals surface area contributed by atoms with Crippen molar-refractivity contribution >= 4 is 27.5 Å². The molecule has 0 aromatic heterocycles. The third-order valence-electron chi connectivity index (χ3n) is 1.09. The lowest BCUT2D eigenvalue weighted by Crippen LogP contribution is -1.85. The molecule has 0 aliphatic carbocycles. The van der Waals surface area contributed by atoms with Crippen molar-refractivity contribution in [3.63, 3.8) is 0 Å². The molecule has 0 unspecified atom stereocenters. The van der Waals surface area contributed by atoms with E-state index in [-0.39, 0.29) is 9.50 Å². The zero-order valence-electron chi connectivity index (χ0n) is 5.04. The van der Waals surface area contributed by atoms with Gasteiger partial charge in [0.2, 0.25) is 0 Å². The van der Waals surface area contributed by atoms with Crippen molar-refractivity contribution in [2.75, 3.05) is 0 Å². The lowest BCUT2D eigenvalue weighted by Gasteiger charge is -2.00. The maximum atomic E-state index is 12.6. The molecule has 1 rings (SSSR count). The summed E-state index contributed by atoms with van der Waals surface area (Å²) in [5, 5.41) is 8.33. The summed E-state index contributed by atoms with van der Waals surface area (Å²) in [6.45, 7) is 0. The Morgan fingerprint density at radius 3 is 2.55 bits per heavy atom. The number of hydrogen-bond donors (Lipinski definition) is 1. The maximum absolute atomic E-state index is 12.6. The van der Waals surface area contributed by atoms with Crippen molar-refractivity contribution < 1.29 is 13.9 Å². The van der Waals surface area contributed by atoms with Gasteiger partial charge in [-0.2, -0.15) is 0 Å². The third kappa shape index (κ3) is 1.46. The van der Waals surface area contributed by atoms with Gasteiger partial charge in [-0.25, -0.2) is 8.78 Å². The second-order valence-electron chi connectivity index (χ2n) is 1.82. The van der Waals surface area contributed by atoms with Crippen LogP contribution in [-0.4, -0.2) is 5.11 Å². The quantitative estimate of drug-likeness (QED) is 0.548. The summed E-state index contributed by atoms with van der Waals surface area (Å²) in [5.74, 6) is -3.25. The molecule has 0 heterocycles. The Hall–Kier alpha value is -0.350. The molecule has 1 N–H and O–H groups in total. The molecule has 0 fully saturated rings. The van der Waals surface area contributed by atoms with Gasteiger partial charge in [-0.3, -0.25) is 0 Å². The first-order valence-electron chi connectivity index (χ1n) is 2.56. The summed E-state index contributed by atoms with van der Waals surface area (Å²) in [6.07, 6.45) is 0. The first-order valence-corrected chi connectivity index (χ1v) is 3.73. The van der Waals surface area contributed by atoms with E-state index in [0.29, 0.717) is 0 Å². The molecule has 60 valence electrons. The molecule has 0 saturated carbocycles. The van der Waals surface area contributed by atoms with E-state index < -0.39 is 17.4 Å². The number of aromatic hydroxyl groups is 1. The molecule has 0 bridgehead atoms. The Balaban J connectivity index is 3.46. The van der Waals surface area contributed by atoms with Crippen LogP contribution in [0.2, 0.25) is 5.02 Å². The summed E-state index contributed by atoms with van der Waals surface area (Å²) in [4.78, 5) is 0. The van der Waals surface area contributed by atoms with Crippen LogP contribution in [0.1, 0.15) is 0 Å². The lowest BCUT2D eigenvalue weighted by molar-refractivity contribution is 0.396. The molecule has 11 heavy (non-hydrogen) atoms. The Kier molecular flexibility index (Phi) is 2.34. The van der Waals surface area contributed by atoms with Gasteiger partial charge in [-0.05, 0) is 22.0 Å². The summed E-state index contributed by atoms with van der Waals surface area (Å²) >= 11 is 8.11. The average Bonchev–Trinajstić information content (AvgIpc) is 1.97. The minimum atomic E-state index is -1.15. The van der Waals surface area contributed by atoms with Gasteiger partial charge < -0.3 is 5.11 Å². The second-order valence-corrected chi connectivity index (χ2v) is 3.05. The predicted molar refractivity (Wildman–Crippen MR) is 40.7 cm³/mol. The largest absolute Gasteiger partial charge is 0.503 e. The number of rotatable bonds is 0. The highest BCUT2D eigenvalue weighted by molar-refractivity contribution is 9.10. The van der Waals surface area contributed by atoms with Crippen molar-refractivity contribution in [1.29, 1.82) is 0 Å². The van der Waals surface area contributed by atoms with Gasteiger partial charge in [0.1, 0.15) is 0 Å². The van der Waals surface area contributed by atoms with Crippen LogP contribution in [0.5, 0.6) is 5.75 Å². The van der Waals surface area contributed by atoms with Gasteiger partial charge >= 0.3 is 0 Å². The van der Waals surface area contributed by atoms with Crippen molar-refractivity contribution in [3.05, 3.63) is 27.2 Å². The van der Waals surface area contributed by atoms with E-state index in [4.69, 9.17) is 16.7 Å². The Labute approximate surface area is 74.7 Å². The molecule has 0 aliphatic heterocycles. The van der Waals surface area contributed by atoms with E-state index in [0.717, 1.165) is 6.07 Å². The summed E-state index contributed by atoms with van der Waals surface area (Å²) in [7, 11) is 0. The van der Waals surface area contributed by atoms with Crippen molar-refractivity contribution in [2.45, 2.75) is 0 Å². The molecule has 1 aromatic carbocycles. The van der Waals surface area contributed by atoms with Crippen molar-refractivity contribution in [2.24, 2.45) is 0 Å². The first-order chi connectivity index (χ1) is 5.04. The van der Waals surface area contributed by atoms with Crippen LogP contribution in [-0.2, 0) is 0 Å². The molecule has 1 nitrogen and oxygen atoms in total. The lowest BCUT2D eigenvalue weighted by atomic mass is 10.3. The molecule has 0 radical (unpaired) electrons. The van der Waals surface area contributed by atoms with E-state index in [2.05, 4.69) is 15.9 Å². The SMILES string of the molecule is Oc1c(F)cc(Br)c(Cl)c1F. The fourth-order valence-electron chi connectivity index (χ4n) is 0.557. The highest BCUT2D eigenvalue weighted by Gasteiger charge is 2.14. The van der Waals surface area contributed by atoms with Crippen molar-refractivity contribution in [3.8, 4) is 5.75 Å². The van der Waals surface area contributed by atoms with Crippen LogP contribution in [0.15, 0.2) is 10.5 Å². The van der Waals surface area contributed by atoms with E-state index in [1.54, 1.807) is 0 Å². The van der Waals surface area contributed by atoms with Crippen LogP contribution in [0, 0.1) is 11.6 Å². The fraction of sp³-hybridized carbons (Fsp3) is 0. The number of phenolic OH excluding ortho intramolecular Hbond substituents is 1.